The SMILES string of the molecule is O=C(OC1(C(=O)O)CCCN1Cc1ccccc1)c1ccccc1. The molecule has 0 saturated carbocycles. The average molecular weight is 325 g/mol. The van der Waals surface area contributed by atoms with E-state index in [0.29, 0.717) is 25.1 Å². The number of benzene rings is 2. The highest BCUT2D eigenvalue weighted by Gasteiger charge is 2.51. The Labute approximate surface area is 140 Å². The van der Waals surface area contributed by atoms with Crippen LogP contribution in [0.3, 0.4) is 0 Å². The van der Waals surface area contributed by atoms with Crippen LogP contribution in [0.4, 0.5) is 0 Å². The third-order valence-electron chi connectivity index (χ3n) is 4.28. The number of ether oxygens (including phenoxy) is 1. The zero-order valence-electron chi connectivity index (χ0n) is 13.2. The number of carbonyl (C=O) groups excluding carboxylic acids is 1. The van der Waals surface area contributed by atoms with Crippen LogP contribution in [0, 0.1) is 0 Å². The smallest absolute Gasteiger partial charge is 0.364 e. The van der Waals surface area contributed by atoms with Gasteiger partial charge in [-0.05, 0) is 24.1 Å². The minimum atomic E-state index is -1.61. The zero-order valence-corrected chi connectivity index (χ0v) is 13.2. The molecule has 0 aliphatic carbocycles. The van der Waals surface area contributed by atoms with Gasteiger partial charge in [0.15, 0.2) is 0 Å². The predicted molar refractivity (Wildman–Crippen MR) is 88.3 cm³/mol. The minimum Gasteiger partial charge on any atom is -0.477 e. The van der Waals surface area contributed by atoms with Gasteiger partial charge in [0, 0.05) is 19.5 Å². The maximum Gasteiger partial charge on any atom is 0.364 e. The number of nitrogens with zero attached hydrogens (tertiary/aromatic N) is 1. The highest BCUT2D eigenvalue weighted by Crippen LogP contribution is 2.33. The molecule has 0 radical (unpaired) electrons. The van der Waals surface area contributed by atoms with Crippen molar-refractivity contribution in [2.24, 2.45) is 0 Å². The van der Waals surface area contributed by atoms with Crippen LogP contribution in [0.25, 0.3) is 0 Å². The lowest BCUT2D eigenvalue weighted by atomic mass is 10.1. The molecule has 1 aliphatic heterocycles. The van der Waals surface area contributed by atoms with E-state index in [1.807, 2.05) is 30.3 Å². The van der Waals surface area contributed by atoms with Gasteiger partial charge in [-0.3, -0.25) is 4.90 Å². The summed E-state index contributed by atoms with van der Waals surface area (Å²) in [4.78, 5) is 26.1. The number of rotatable bonds is 5. The Morgan fingerprint density at radius 3 is 2.29 bits per heavy atom. The van der Waals surface area contributed by atoms with Gasteiger partial charge in [0.1, 0.15) is 0 Å². The van der Waals surface area contributed by atoms with Gasteiger partial charge < -0.3 is 9.84 Å². The van der Waals surface area contributed by atoms with Crippen molar-refractivity contribution < 1.29 is 19.4 Å². The molecule has 0 aromatic heterocycles. The molecule has 124 valence electrons. The molecule has 0 amide bonds. The monoisotopic (exact) mass is 325 g/mol. The molecule has 1 atom stereocenters. The van der Waals surface area contributed by atoms with E-state index in [0.717, 1.165) is 5.56 Å². The molecule has 1 fully saturated rings. The quantitative estimate of drug-likeness (QED) is 0.856. The van der Waals surface area contributed by atoms with Crippen LogP contribution in [0.15, 0.2) is 60.7 Å². The first-order valence-corrected chi connectivity index (χ1v) is 7.92. The Kier molecular flexibility index (Phi) is 4.62. The molecule has 1 saturated heterocycles. The van der Waals surface area contributed by atoms with Gasteiger partial charge in [-0.1, -0.05) is 48.5 Å². The zero-order chi connectivity index (χ0) is 17.0. The summed E-state index contributed by atoms with van der Waals surface area (Å²) >= 11 is 0. The summed E-state index contributed by atoms with van der Waals surface area (Å²) in [6.45, 7) is 0.998. The standard InChI is InChI=1S/C19H19NO4/c21-17(16-10-5-2-6-11-16)24-19(18(22)23)12-7-13-20(19)14-15-8-3-1-4-9-15/h1-6,8-11H,7,12-14H2,(H,22,23). The fraction of sp³-hybridized carbons (Fsp3) is 0.263. The number of likely N-dealkylation sites (tertiary alicyclic amines) is 1. The van der Waals surface area contributed by atoms with Crippen LogP contribution < -0.4 is 0 Å². The van der Waals surface area contributed by atoms with Crippen LogP contribution in [0.5, 0.6) is 0 Å². The highest BCUT2D eigenvalue weighted by molar-refractivity contribution is 5.92. The lowest BCUT2D eigenvalue weighted by Crippen LogP contribution is -2.53. The number of hydrogen-bond acceptors (Lipinski definition) is 4. The van der Waals surface area contributed by atoms with Crippen molar-refractivity contribution in [3.8, 4) is 0 Å². The molecule has 0 bridgehead atoms. The lowest BCUT2D eigenvalue weighted by Gasteiger charge is -2.34. The topological polar surface area (TPSA) is 66.8 Å². The van der Waals surface area contributed by atoms with E-state index < -0.39 is 17.7 Å². The van der Waals surface area contributed by atoms with Crippen LogP contribution in [0.1, 0.15) is 28.8 Å². The van der Waals surface area contributed by atoms with Gasteiger partial charge in [0.25, 0.3) is 5.72 Å². The molecular formula is C19H19NO4. The second-order valence-corrected chi connectivity index (χ2v) is 5.86. The van der Waals surface area contributed by atoms with E-state index in [4.69, 9.17) is 4.74 Å². The molecule has 1 N–H and O–H groups in total. The van der Waals surface area contributed by atoms with Crippen molar-refractivity contribution in [3.63, 3.8) is 0 Å². The first-order chi connectivity index (χ1) is 11.6. The summed E-state index contributed by atoms with van der Waals surface area (Å²) in [7, 11) is 0. The van der Waals surface area contributed by atoms with Gasteiger partial charge in [0.2, 0.25) is 0 Å². The summed E-state index contributed by atoms with van der Waals surface area (Å²) in [5, 5.41) is 9.79. The summed E-state index contributed by atoms with van der Waals surface area (Å²) < 4.78 is 5.52. The van der Waals surface area contributed by atoms with Crippen molar-refractivity contribution in [2.45, 2.75) is 25.1 Å². The highest BCUT2D eigenvalue weighted by atomic mass is 16.6. The first-order valence-electron chi connectivity index (χ1n) is 7.92. The van der Waals surface area contributed by atoms with E-state index in [2.05, 4.69) is 0 Å². The molecule has 1 aliphatic rings. The van der Waals surface area contributed by atoms with Crippen LogP contribution >= 0.6 is 0 Å². The largest absolute Gasteiger partial charge is 0.477 e. The fourth-order valence-electron chi connectivity index (χ4n) is 3.05. The van der Waals surface area contributed by atoms with Crippen molar-refractivity contribution in [3.05, 3.63) is 71.8 Å². The fourth-order valence-corrected chi connectivity index (χ4v) is 3.05. The van der Waals surface area contributed by atoms with E-state index in [9.17, 15) is 14.7 Å². The summed E-state index contributed by atoms with van der Waals surface area (Å²) in [5.74, 6) is -1.74. The molecule has 2 aromatic carbocycles. The Morgan fingerprint density at radius 1 is 1.04 bits per heavy atom. The molecule has 5 heteroatoms. The van der Waals surface area contributed by atoms with E-state index in [1.165, 1.54) is 0 Å². The third-order valence-corrected chi connectivity index (χ3v) is 4.28. The summed E-state index contributed by atoms with van der Waals surface area (Å²) in [6.07, 6.45) is 0.953. The number of esters is 1. The van der Waals surface area contributed by atoms with Crippen LogP contribution in [0.2, 0.25) is 0 Å². The number of hydrogen-bond donors (Lipinski definition) is 1. The number of carbonyl (C=O) groups is 2. The maximum atomic E-state index is 12.4. The maximum absolute atomic E-state index is 12.4. The number of carboxylic acid groups (broad SMARTS) is 1. The molecular weight excluding hydrogens is 306 g/mol. The summed E-state index contributed by atoms with van der Waals surface area (Å²) in [5.41, 5.74) is -0.270. The van der Waals surface area contributed by atoms with Gasteiger partial charge in [0.05, 0.1) is 5.56 Å². The Balaban J connectivity index is 1.84. The molecule has 0 spiro atoms. The Morgan fingerprint density at radius 2 is 1.67 bits per heavy atom. The predicted octanol–water partition coefficient (Wildman–Crippen LogP) is 2.92. The molecule has 5 nitrogen and oxygen atoms in total. The van der Waals surface area contributed by atoms with Crippen molar-refractivity contribution >= 4 is 11.9 Å². The normalized spacial score (nSPS) is 20.7. The van der Waals surface area contributed by atoms with Gasteiger partial charge in [-0.2, -0.15) is 0 Å². The van der Waals surface area contributed by atoms with Crippen LogP contribution in [-0.4, -0.2) is 34.2 Å². The Bertz CT molecular complexity index is 717. The summed E-state index contributed by atoms with van der Waals surface area (Å²) in [6, 6.07) is 18.1. The molecule has 1 unspecified atom stereocenters. The second kappa shape index (κ2) is 6.84. The number of aliphatic carboxylic acids is 1. The van der Waals surface area contributed by atoms with Crippen molar-refractivity contribution in [1.82, 2.24) is 4.90 Å². The average Bonchev–Trinajstić information content (AvgIpc) is 3.00. The third kappa shape index (κ3) is 3.16. The number of carboxylic acids is 1. The van der Waals surface area contributed by atoms with Gasteiger partial charge in [-0.25, -0.2) is 9.59 Å². The van der Waals surface area contributed by atoms with Crippen LogP contribution in [-0.2, 0) is 16.1 Å². The van der Waals surface area contributed by atoms with Gasteiger partial charge in [-0.15, -0.1) is 0 Å². The molecule has 24 heavy (non-hydrogen) atoms. The van der Waals surface area contributed by atoms with Crippen molar-refractivity contribution in [2.75, 3.05) is 6.54 Å². The molecule has 3 rings (SSSR count). The van der Waals surface area contributed by atoms with E-state index >= 15 is 0 Å². The van der Waals surface area contributed by atoms with E-state index in [-0.39, 0.29) is 6.42 Å². The lowest BCUT2D eigenvalue weighted by molar-refractivity contribution is -0.178. The van der Waals surface area contributed by atoms with Gasteiger partial charge >= 0.3 is 11.9 Å². The molecule has 1 heterocycles. The van der Waals surface area contributed by atoms with E-state index in [1.54, 1.807) is 35.2 Å². The Hall–Kier alpha value is -2.66. The second-order valence-electron chi connectivity index (χ2n) is 5.86. The van der Waals surface area contributed by atoms with Crippen molar-refractivity contribution in [1.29, 1.82) is 0 Å². The first kappa shape index (κ1) is 16.2. The molecule has 2 aromatic rings. The minimum absolute atomic E-state index is 0.285.